The van der Waals surface area contributed by atoms with Crippen LogP contribution in [0.2, 0.25) is 0 Å². The first-order valence-corrected chi connectivity index (χ1v) is 52.4. The van der Waals surface area contributed by atoms with Crippen LogP contribution in [-0.2, 0) is 119 Å². The Morgan fingerprint density at radius 1 is 0.259 bits per heavy atom. The van der Waals surface area contributed by atoms with E-state index in [9.17, 15) is 148 Å². The zero-order valence-corrected chi connectivity index (χ0v) is 85.4. The van der Waals surface area contributed by atoms with E-state index in [2.05, 4.69) is 72.7 Å². The molecule has 8 saturated heterocycles. The Labute approximate surface area is 854 Å². The van der Waals surface area contributed by atoms with Gasteiger partial charge in [-0.15, -0.1) is 0 Å². The quantitative estimate of drug-likeness (QED) is 0.0153. The molecule has 53 nitrogen and oxygen atoms in total. The maximum atomic E-state index is 13.3. The third kappa shape index (κ3) is 39.2. The van der Waals surface area contributed by atoms with Crippen LogP contribution in [0.3, 0.4) is 0 Å². The van der Waals surface area contributed by atoms with Crippen molar-refractivity contribution in [3.05, 3.63) is 12.2 Å². The predicted molar refractivity (Wildman–Crippen MR) is 505 cm³/mol. The molecule has 8 aliphatic rings. The molecule has 0 spiro atoms. The summed E-state index contributed by atoms with van der Waals surface area (Å²) >= 11 is 0. The summed E-state index contributed by atoms with van der Waals surface area (Å²) in [6.45, 7) is 3.46. The van der Waals surface area contributed by atoms with E-state index in [-0.39, 0.29) is 12.8 Å². The fourth-order valence-corrected chi connectivity index (χ4v) is 19.3. The fourth-order valence-electron chi connectivity index (χ4n) is 19.0. The van der Waals surface area contributed by atoms with E-state index in [4.69, 9.17) is 66.3 Å². The minimum absolute atomic E-state index is 0.0405. The Morgan fingerprint density at radius 2 is 0.463 bits per heavy atom. The van der Waals surface area contributed by atoms with E-state index in [0.717, 1.165) is 112 Å². The Balaban J connectivity index is 0.000000398. The maximum absolute atomic E-state index is 13.3. The Hall–Kier alpha value is -5.95. The molecule has 852 valence electrons. The summed E-state index contributed by atoms with van der Waals surface area (Å²) in [7, 11) is -5.15. The van der Waals surface area contributed by atoms with Crippen LogP contribution in [-0.4, -0.2) is 455 Å². The first kappa shape index (κ1) is 128. The zero-order chi connectivity index (χ0) is 109. The maximum Gasteiger partial charge on any atom is 0.397 e. The predicted octanol–water partition coefficient (Wildman–Crippen LogP) is -7.43. The average molecular weight is 2150 g/mol. The van der Waals surface area contributed by atoms with Gasteiger partial charge in [0.2, 0.25) is 47.3 Å². The molecule has 147 heavy (non-hydrogen) atoms. The molecule has 0 aliphatic carbocycles. The van der Waals surface area contributed by atoms with Gasteiger partial charge in [0.15, 0.2) is 50.3 Å². The number of carbonyl (C=O) groups is 8. The molecule has 0 saturated carbocycles. The lowest BCUT2D eigenvalue weighted by atomic mass is 9.93. The number of hydrogen-bond acceptors (Lipinski definition) is 44. The van der Waals surface area contributed by atoms with Crippen molar-refractivity contribution < 1.29 is 219 Å². The molecule has 0 aromatic carbocycles. The average Bonchev–Trinajstić information content (AvgIpc) is 0.763. The van der Waals surface area contributed by atoms with Gasteiger partial charge in [-0.1, -0.05) is 148 Å². The van der Waals surface area contributed by atoms with Gasteiger partial charge in [-0.05, 0) is 38.5 Å². The lowest BCUT2D eigenvalue weighted by molar-refractivity contribution is -0.362. The van der Waals surface area contributed by atoms with E-state index in [1.54, 1.807) is 0 Å². The second-order valence-electron chi connectivity index (χ2n) is 38.4. The molecule has 8 rings (SSSR count). The van der Waals surface area contributed by atoms with Crippen LogP contribution in [0, 0.1) is 0 Å². The smallest absolute Gasteiger partial charge is 0.394 e. The minimum atomic E-state index is -5.15. The molecule has 4 unspecified atom stereocenters. The molecule has 40 atom stereocenters. The Bertz CT molecular complexity index is 4020. The van der Waals surface area contributed by atoms with Crippen LogP contribution in [0.1, 0.15) is 229 Å². The number of hydrogen-bond donors (Lipinski definition) is 28. The van der Waals surface area contributed by atoms with Gasteiger partial charge in [0.1, 0.15) is 195 Å². The van der Waals surface area contributed by atoms with Crippen LogP contribution in [0.5, 0.6) is 0 Å². The van der Waals surface area contributed by atoms with Crippen LogP contribution in [0.15, 0.2) is 12.2 Å². The summed E-state index contributed by atoms with van der Waals surface area (Å²) in [5.74, 6) is -5.55. The zero-order valence-electron chi connectivity index (χ0n) is 84.6. The summed E-state index contributed by atoms with van der Waals surface area (Å²) in [5, 5.41) is 227. The van der Waals surface area contributed by atoms with E-state index in [1.807, 2.05) is 0 Å². The van der Waals surface area contributed by atoms with Gasteiger partial charge < -0.3 is 206 Å². The van der Waals surface area contributed by atoms with Crippen molar-refractivity contribution in [3.63, 3.8) is 0 Å². The largest absolute Gasteiger partial charge is 0.397 e. The minimum Gasteiger partial charge on any atom is -0.394 e. The number of allylic oxidation sites excluding steroid dienone is 2. The van der Waals surface area contributed by atoms with Crippen LogP contribution >= 0.6 is 0 Å². The van der Waals surface area contributed by atoms with E-state index in [1.165, 1.54) is 77.0 Å². The molecule has 28 N–H and O–H groups in total. The van der Waals surface area contributed by atoms with Crippen molar-refractivity contribution >= 4 is 57.7 Å². The molecule has 0 aromatic heterocycles. The summed E-state index contributed by atoms with van der Waals surface area (Å²) in [4.78, 5) is 101. The highest BCUT2D eigenvalue weighted by Gasteiger charge is 2.61. The van der Waals surface area contributed by atoms with Crippen molar-refractivity contribution in [2.45, 2.75) is 474 Å². The topological polar surface area (TPSA) is 810 Å². The van der Waals surface area contributed by atoms with E-state index < -0.39 is 356 Å². The van der Waals surface area contributed by atoms with Gasteiger partial charge in [-0.25, -0.2) is 4.18 Å². The highest BCUT2D eigenvalue weighted by Crippen LogP contribution is 2.39. The molecule has 8 heterocycles. The number of nitrogens with one attached hydrogen (secondary N) is 8. The summed E-state index contributed by atoms with van der Waals surface area (Å²) in [6.07, 6.45) is -24.6. The monoisotopic (exact) mass is 2150 g/mol. The third-order valence-corrected chi connectivity index (χ3v) is 27.1. The number of aliphatic hydroxyl groups excluding tert-OH is 19. The van der Waals surface area contributed by atoms with Gasteiger partial charge in [0, 0.05) is 54.4 Å². The van der Waals surface area contributed by atoms with Crippen molar-refractivity contribution in [2.24, 2.45) is 0 Å². The first-order chi connectivity index (χ1) is 69.9. The van der Waals surface area contributed by atoms with Gasteiger partial charge in [-0.2, -0.15) is 8.42 Å². The van der Waals surface area contributed by atoms with E-state index in [0.29, 0.717) is 12.8 Å². The SMILES string of the molecule is CCCCCCCC/C=C\CCCCCCCC(=O)N[C@H]1[C@H](O[C@H]2C(O)[C@@H](NC(C)=O)[C@H](O[C@H]3[C@H](O)[C@@H](NC(C)=O)[C@H](O[C@H]4C(O)[C@@H](NC(C)=O)[C@H](O)O[C@@H]4CO)O[C@@H]3CO)O[C@@H]2CO)O[C@H](CO)[C@@H](O)[C@@H]1O.CCCCCCCCCCCCCCC(=O)N[C@H]1[C@H](O[C@H]2C(O)[C@@H](NC(C)=O)[C@H](O[C@H]3[C@H](O)[C@@H](NC(C)=O)[C@H](O[C@H]4C(O)[C@@H](NC(C)=O)[C@H](O)O[C@@H]4COS(=O)(=O)O)O[C@@H]3CO)O[C@@H]2CO)O[C@H](CO)[C@@H](O)[C@@H]1O. The van der Waals surface area contributed by atoms with Gasteiger partial charge >= 0.3 is 10.4 Å². The molecule has 8 aliphatic heterocycles. The molecule has 0 radical (unpaired) electrons. The molecule has 0 bridgehead atoms. The standard InChI is InChI=1S/C48H84N4O21.C45H80N4O24S/c1-5-6-7-8-9-10-11-12-13-14-15-16-17-18-19-20-32(60)52-34-38(62)37(61)28(21-53)68-46(34)72-43-30(23-55)70-48(36(40(43)64)51-27(4)59)73-44-31(24-56)69-47(35(41(44)65)50-26(3)58)71-42-29(22-54)67-45(66)33(39(42)63)49-25(2)57;1-5-6-7-8-9-10-11-12-13-14-15-16-17-29(56)49-31-35(58)34(57)25(18-50)68-43(31)71-39-26(19-51)69-44(32(37(39)60)47-23(3)54)72-40-27(20-52)70-45(33(38(40)61)48-24(4)55)73-41-28(21-66-74(63,64)65)67-42(62)30(36(41)59)46-22(2)53/h12-13,28-31,33-48,53-56,61-66H,5-11,14-24H2,1-4H3,(H,49,57)(H,50,58)(H,51,59)(H,52,60);25-28,30-45,50-52,57-62H,5-21H2,1-4H3,(H,46,53)(H,47,54)(H,48,55)(H,49,56)(H,63,64,65)/b13-12-;/t28-,29-,30-,31-,33-,34-,35-,36-,37-,38-,39?,40?,41-,42-,43-,44-,45-,46+,47+,48+;25-,26-,27-,28-,30-,31-,32-,33-,34-,35-,36?,37?,38-,39-,40-,41-,42-,43+,44+,45+/m11/s1. The molecular weight excluding hydrogens is 1980 g/mol. The molecule has 8 fully saturated rings. The first-order valence-electron chi connectivity index (χ1n) is 51.0. The Kier molecular flexibility index (Phi) is 56.6. The fraction of sp³-hybridized carbons (Fsp3) is 0.892. The van der Waals surface area contributed by atoms with Crippen LogP contribution in [0.4, 0.5) is 0 Å². The van der Waals surface area contributed by atoms with Gasteiger partial charge in [0.25, 0.3) is 0 Å². The third-order valence-electron chi connectivity index (χ3n) is 26.7. The summed E-state index contributed by atoms with van der Waals surface area (Å²) in [5.41, 5.74) is 0. The van der Waals surface area contributed by atoms with Crippen LogP contribution in [0.25, 0.3) is 0 Å². The highest BCUT2D eigenvalue weighted by atomic mass is 32.3. The number of rotatable bonds is 58. The van der Waals surface area contributed by atoms with Gasteiger partial charge in [-0.3, -0.25) is 42.9 Å². The second-order valence-corrected chi connectivity index (χ2v) is 39.5. The highest BCUT2D eigenvalue weighted by molar-refractivity contribution is 7.80. The molecule has 0 aromatic rings. The summed E-state index contributed by atoms with van der Waals surface area (Å²) < 4.78 is 119. The lowest BCUT2D eigenvalue weighted by Crippen LogP contribution is -2.71. The van der Waals surface area contributed by atoms with Crippen LogP contribution < -0.4 is 42.5 Å². The van der Waals surface area contributed by atoms with Gasteiger partial charge in [0.05, 0.1) is 52.9 Å². The number of unbranched alkanes of at least 4 members (excludes halogenated alkanes) is 22. The van der Waals surface area contributed by atoms with Crippen molar-refractivity contribution in [2.75, 3.05) is 52.9 Å². The number of aliphatic hydroxyl groups is 19. The number of ether oxygens (including phenoxy) is 14. The number of carbonyl (C=O) groups excluding carboxylic acids is 8. The summed E-state index contributed by atoms with van der Waals surface area (Å²) in [6, 6.07) is -12.7. The molecular formula is C93H164N8O45S. The normalized spacial score (nSPS) is 36.8. The Morgan fingerprint density at radius 3 is 0.707 bits per heavy atom. The second kappa shape index (κ2) is 65.0. The van der Waals surface area contributed by atoms with Crippen molar-refractivity contribution in [3.8, 4) is 0 Å². The van der Waals surface area contributed by atoms with E-state index >= 15 is 0 Å². The lowest BCUT2D eigenvalue weighted by Gasteiger charge is -2.51. The molecule has 54 heteroatoms. The van der Waals surface area contributed by atoms with Crippen molar-refractivity contribution in [1.29, 1.82) is 0 Å². The molecule has 8 amide bonds. The van der Waals surface area contributed by atoms with Crippen molar-refractivity contribution in [1.82, 2.24) is 42.5 Å². The number of amides is 8.